The fourth-order valence-corrected chi connectivity index (χ4v) is 5.95. The van der Waals surface area contributed by atoms with Gasteiger partial charge in [0.1, 0.15) is 0 Å². The second-order valence-corrected chi connectivity index (χ2v) is 8.88. The molecule has 4 aliphatic carbocycles. The molecule has 28 heavy (non-hydrogen) atoms. The first-order valence-electron chi connectivity index (χ1n) is 9.83. The van der Waals surface area contributed by atoms with Crippen molar-refractivity contribution in [2.45, 2.75) is 51.1 Å². The Kier molecular flexibility index (Phi) is 4.88. The summed E-state index contributed by atoms with van der Waals surface area (Å²) in [4.78, 5) is 24.3. The Morgan fingerprint density at radius 1 is 1.00 bits per heavy atom. The first-order valence-corrected chi connectivity index (χ1v) is 9.83. The third kappa shape index (κ3) is 4.18. The molecule has 1 aromatic carbocycles. The lowest BCUT2D eigenvalue weighted by molar-refractivity contribution is -0.154. The minimum atomic E-state index is -4.42. The van der Waals surface area contributed by atoms with Gasteiger partial charge in [0.05, 0.1) is 12.0 Å². The van der Waals surface area contributed by atoms with E-state index in [0.29, 0.717) is 6.42 Å². The van der Waals surface area contributed by atoms with Gasteiger partial charge in [-0.1, -0.05) is 0 Å². The van der Waals surface area contributed by atoms with Crippen molar-refractivity contribution in [2.75, 3.05) is 11.9 Å². The fraction of sp³-hybridized carbons (Fsp3) is 0.619. The lowest BCUT2D eigenvalue weighted by atomic mass is 9.49. The SMILES string of the molecule is O=C(COC(=O)CC12CC3CC(CC(C3)C1)C2)Nc1ccc(C(F)(F)F)cc1. The number of anilines is 1. The number of carbonyl (C=O) groups excluding carboxylic acids is 2. The minimum absolute atomic E-state index is 0.0513. The maximum absolute atomic E-state index is 12.6. The molecule has 0 heterocycles. The summed E-state index contributed by atoms with van der Waals surface area (Å²) in [6.07, 6.45) is 3.10. The number of amides is 1. The van der Waals surface area contributed by atoms with Crippen LogP contribution in [0.1, 0.15) is 50.5 Å². The summed E-state index contributed by atoms with van der Waals surface area (Å²) in [6, 6.07) is 4.15. The Morgan fingerprint density at radius 3 is 2.04 bits per heavy atom. The van der Waals surface area contributed by atoms with Crippen molar-refractivity contribution in [3.63, 3.8) is 0 Å². The highest BCUT2D eigenvalue weighted by atomic mass is 19.4. The molecule has 0 radical (unpaired) electrons. The lowest BCUT2D eigenvalue weighted by Gasteiger charge is -2.56. The van der Waals surface area contributed by atoms with Gasteiger partial charge in [-0.15, -0.1) is 0 Å². The molecule has 0 saturated heterocycles. The van der Waals surface area contributed by atoms with E-state index in [1.165, 1.54) is 31.4 Å². The average molecular weight is 395 g/mol. The van der Waals surface area contributed by atoms with Crippen LogP contribution in [0.5, 0.6) is 0 Å². The second-order valence-electron chi connectivity index (χ2n) is 8.88. The average Bonchev–Trinajstić information content (AvgIpc) is 2.58. The molecule has 152 valence electrons. The van der Waals surface area contributed by atoms with E-state index in [0.717, 1.165) is 49.1 Å². The Morgan fingerprint density at radius 2 is 1.54 bits per heavy atom. The number of hydrogen-bond acceptors (Lipinski definition) is 3. The number of esters is 1. The summed E-state index contributed by atoms with van der Waals surface area (Å²) in [5, 5.41) is 2.45. The monoisotopic (exact) mass is 395 g/mol. The predicted molar refractivity (Wildman–Crippen MR) is 96.3 cm³/mol. The largest absolute Gasteiger partial charge is 0.456 e. The highest BCUT2D eigenvalue weighted by Gasteiger charge is 2.51. The van der Waals surface area contributed by atoms with Crippen molar-refractivity contribution < 1.29 is 27.5 Å². The van der Waals surface area contributed by atoms with E-state index >= 15 is 0 Å². The van der Waals surface area contributed by atoms with Crippen LogP contribution in [0.4, 0.5) is 18.9 Å². The van der Waals surface area contributed by atoms with Crippen molar-refractivity contribution in [1.82, 2.24) is 0 Å². The molecule has 4 fully saturated rings. The number of halogens is 3. The number of benzene rings is 1. The Labute approximate surface area is 161 Å². The Bertz CT molecular complexity index is 722. The first-order chi connectivity index (χ1) is 13.2. The Hall–Kier alpha value is -2.05. The fourth-order valence-electron chi connectivity index (χ4n) is 5.95. The number of nitrogens with one attached hydrogen (secondary N) is 1. The molecule has 4 bridgehead atoms. The van der Waals surface area contributed by atoms with E-state index in [1.807, 2.05) is 0 Å². The van der Waals surface area contributed by atoms with Gasteiger partial charge in [0, 0.05) is 5.69 Å². The number of ether oxygens (including phenoxy) is 1. The molecule has 1 amide bonds. The van der Waals surface area contributed by atoms with E-state index in [-0.39, 0.29) is 17.1 Å². The van der Waals surface area contributed by atoms with Gasteiger partial charge in [-0.05, 0) is 86.0 Å². The molecule has 1 N–H and O–H groups in total. The molecule has 0 atom stereocenters. The van der Waals surface area contributed by atoms with Gasteiger partial charge in [-0.25, -0.2) is 0 Å². The zero-order chi connectivity index (χ0) is 19.9. The molecule has 0 unspecified atom stereocenters. The zero-order valence-corrected chi connectivity index (χ0v) is 15.6. The van der Waals surface area contributed by atoms with Gasteiger partial charge >= 0.3 is 12.1 Å². The van der Waals surface area contributed by atoms with E-state index < -0.39 is 24.3 Å². The van der Waals surface area contributed by atoms with Crippen LogP contribution in [0.15, 0.2) is 24.3 Å². The van der Waals surface area contributed by atoms with Gasteiger partial charge < -0.3 is 10.1 Å². The summed E-state index contributed by atoms with van der Waals surface area (Å²) in [6.45, 7) is -0.424. The van der Waals surface area contributed by atoms with Crippen molar-refractivity contribution in [3.05, 3.63) is 29.8 Å². The van der Waals surface area contributed by atoms with Gasteiger partial charge in [0.25, 0.3) is 5.91 Å². The van der Waals surface area contributed by atoms with Crippen LogP contribution in [0.3, 0.4) is 0 Å². The van der Waals surface area contributed by atoms with Gasteiger partial charge in [-0.2, -0.15) is 13.2 Å². The maximum Gasteiger partial charge on any atom is 0.416 e. The van der Waals surface area contributed by atoms with Crippen LogP contribution in [-0.2, 0) is 20.5 Å². The molecular weight excluding hydrogens is 371 g/mol. The molecule has 1 aromatic rings. The number of rotatable bonds is 5. The highest BCUT2D eigenvalue weighted by Crippen LogP contribution is 2.61. The quantitative estimate of drug-likeness (QED) is 0.729. The lowest BCUT2D eigenvalue weighted by Crippen LogP contribution is -2.47. The summed E-state index contributed by atoms with van der Waals surface area (Å²) >= 11 is 0. The molecule has 0 spiro atoms. The second kappa shape index (κ2) is 7.08. The van der Waals surface area contributed by atoms with Crippen LogP contribution in [0, 0.1) is 23.2 Å². The third-order valence-corrected chi connectivity index (χ3v) is 6.54. The van der Waals surface area contributed by atoms with Crippen molar-refractivity contribution >= 4 is 17.6 Å². The van der Waals surface area contributed by atoms with Crippen molar-refractivity contribution in [1.29, 1.82) is 0 Å². The van der Waals surface area contributed by atoms with Crippen LogP contribution in [-0.4, -0.2) is 18.5 Å². The molecule has 0 aromatic heterocycles. The predicted octanol–water partition coefficient (Wildman–Crippen LogP) is 4.79. The summed E-state index contributed by atoms with van der Waals surface area (Å²) < 4.78 is 42.8. The van der Waals surface area contributed by atoms with E-state index in [1.54, 1.807) is 0 Å². The van der Waals surface area contributed by atoms with Crippen LogP contribution in [0.2, 0.25) is 0 Å². The minimum Gasteiger partial charge on any atom is -0.456 e. The third-order valence-electron chi connectivity index (χ3n) is 6.54. The van der Waals surface area contributed by atoms with Crippen LogP contribution < -0.4 is 5.32 Å². The Balaban J connectivity index is 1.25. The van der Waals surface area contributed by atoms with Crippen molar-refractivity contribution in [2.24, 2.45) is 23.2 Å². The number of alkyl halides is 3. The molecule has 7 heteroatoms. The highest BCUT2D eigenvalue weighted by molar-refractivity contribution is 5.92. The number of carbonyl (C=O) groups is 2. The molecule has 5 rings (SSSR count). The molecule has 4 nitrogen and oxygen atoms in total. The molecular formula is C21H24F3NO3. The van der Waals surface area contributed by atoms with Gasteiger partial charge in [0.2, 0.25) is 0 Å². The van der Waals surface area contributed by atoms with Crippen LogP contribution >= 0.6 is 0 Å². The molecule has 4 saturated carbocycles. The number of hydrogen-bond donors (Lipinski definition) is 1. The smallest absolute Gasteiger partial charge is 0.416 e. The van der Waals surface area contributed by atoms with Gasteiger partial charge in [-0.3, -0.25) is 9.59 Å². The summed E-state index contributed by atoms with van der Waals surface area (Å²) in [5.41, 5.74) is -0.502. The molecule has 4 aliphatic rings. The first kappa shape index (κ1) is 19.3. The van der Waals surface area contributed by atoms with Gasteiger partial charge in [0.15, 0.2) is 6.61 Å². The van der Waals surface area contributed by atoms with E-state index in [4.69, 9.17) is 4.74 Å². The standard InChI is InChI=1S/C21H24F3NO3/c22-21(23,24)16-1-3-17(4-2-16)25-18(26)12-28-19(27)11-20-8-13-5-14(9-20)7-15(6-13)10-20/h1-4,13-15H,5-12H2,(H,25,26). The van der Waals surface area contributed by atoms with Crippen LogP contribution in [0.25, 0.3) is 0 Å². The van der Waals surface area contributed by atoms with E-state index in [2.05, 4.69) is 5.32 Å². The van der Waals surface area contributed by atoms with E-state index in [9.17, 15) is 22.8 Å². The molecule has 0 aliphatic heterocycles. The topological polar surface area (TPSA) is 55.4 Å². The summed E-state index contributed by atoms with van der Waals surface area (Å²) in [7, 11) is 0. The zero-order valence-electron chi connectivity index (χ0n) is 15.6. The van der Waals surface area contributed by atoms with Crippen molar-refractivity contribution in [3.8, 4) is 0 Å². The normalized spacial score (nSPS) is 30.9. The summed E-state index contributed by atoms with van der Waals surface area (Å²) in [5.74, 6) is 1.30. The maximum atomic E-state index is 12.6.